The van der Waals surface area contributed by atoms with Crippen molar-refractivity contribution in [1.29, 1.82) is 0 Å². The number of rotatable bonds is 9. The summed E-state index contributed by atoms with van der Waals surface area (Å²) in [6, 6.07) is 14.6. The largest absolute Gasteiger partial charge is 0.457 e. The fourth-order valence-corrected chi connectivity index (χ4v) is 2.83. The van der Waals surface area contributed by atoms with Gasteiger partial charge >= 0.3 is 5.97 Å². The van der Waals surface area contributed by atoms with Crippen LogP contribution < -0.4 is 9.80 Å². The zero-order valence-electron chi connectivity index (χ0n) is 18.9. The molecular weight excluding hydrogens is 380 g/mol. The summed E-state index contributed by atoms with van der Waals surface area (Å²) in [5.74, 6) is -0.537. The maximum atomic E-state index is 12.8. The molecule has 2 aromatic rings. The van der Waals surface area contributed by atoms with Crippen LogP contribution in [0.15, 0.2) is 48.5 Å². The zero-order valence-corrected chi connectivity index (χ0v) is 18.9. The molecule has 0 N–H and O–H groups in total. The van der Waals surface area contributed by atoms with Gasteiger partial charge in [0.2, 0.25) is 0 Å². The van der Waals surface area contributed by atoms with Crippen LogP contribution in [0.4, 0.5) is 11.4 Å². The molecule has 30 heavy (non-hydrogen) atoms. The highest BCUT2D eigenvalue weighted by Gasteiger charge is 2.30. The summed E-state index contributed by atoms with van der Waals surface area (Å²) in [5, 5.41) is 0. The molecule has 6 heteroatoms. The molecule has 162 valence electrons. The summed E-state index contributed by atoms with van der Waals surface area (Å²) in [6.07, 6.45) is -0.491. The molecule has 6 nitrogen and oxygen atoms in total. The lowest BCUT2D eigenvalue weighted by Gasteiger charge is -2.26. The number of ketones is 1. The summed E-state index contributed by atoms with van der Waals surface area (Å²) in [5.41, 5.74) is 2.04. The van der Waals surface area contributed by atoms with Crippen LogP contribution in [0.1, 0.15) is 41.5 Å². The quantitative estimate of drug-likeness (QED) is 0.458. The second-order valence-electron chi connectivity index (χ2n) is 8.25. The SMILES string of the molecule is CC(COC(C)(C)C(=O)c1ccc(N(C)C)cc1)OC(=O)c1ccc(N(C)C)cc1. The van der Waals surface area contributed by atoms with Gasteiger partial charge in [-0.15, -0.1) is 0 Å². The van der Waals surface area contributed by atoms with Crippen molar-refractivity contribution >= 4 is 23.1 Å². The molecule has 0 aromatic heterocycles. The Kier molecular flexibility index (Phi) is 7.62. The topological polar surface area (TPSA) is 59.1 Å². The van der Waals surface area contributed by atoms with Crippen molar-refractivity contribution < 1.29 is 19.1 Å². The molecule has 2 rings (SSSR count). The predicted molar refractivity (Wildman–Crippen MR) is 121 cm³/mol. The fourth-order valence-electron chi connectivity index (χ4n) is 2.83. The Balaban J connectivity index is 1.92. The number of esters is 1. The molecule has 2 aromatic carbocycles. The van der Waals surface area contributed by atoms with E-state index in [1.165, 1.54) is 0 Å². The van der Waals surface area contributed by atoms with Crippen LogP contribution in [0.5, 0.6) is 0 Å². The van der Waals surface area contributed by atoms with Crippen LogP contribution in [0, 0.1) is 0 Å². The smallest absolute Gasteiger partial charge is 0.338 e. The number of anilines is 2. The van der Waals surface area contributed by atoms with Crippen molar-refractivity contribution in [2.45, 2.75) is 32.5 Å². The van der Waals surface area contributed by atoms with Gasteiger partial charge in [-0.05, 0) is 69.3 Å². The van der Waals surface area contributed by atoms with Crippen molar-refractivity contribution in [3.8, 4) is 0 Å². The monoisotopic (exact) mass is 412 g/mol. The van der Waals surface area contributed by atoms with Gasteiger partial charge in [0, 0.05) is 45.1 Å². The van der Waals surface area contributed by atoms with Crippen LogP contribution in [0.25, 0.3) is 0 Å². The van der Waals surface area contributed by atoms with E-state index >= 15 is 0 Å². The minimum atomic E-state index is -1.03. The van der Waals surface area contributed by atoms with E-state index in [2.05, 4.69) is 0 Å². The lowest BCUT2D eigenvalue weighted by Crippen LogP contribution is -2.38. The number of nitrogens with zero attached hydrogens (tertiary/aromatic N) is 2. The van der Waals surface area contributed by atoms with Crippen LogP contribution >= 0.6 is 0 Å². The van der Waals surface area contributed by atoms with Crippen molar-refractivity contribution in [1.82, 2.24) is 0 Å². The first-order valence-corrected chi connectivity index (χ1v) is 9.96. The molecule has 0 amide bonds. The number of carbonyl (C=O) groups excluding carboxylic acids is 2. The molecule has 0 fully saturated rings. The van der Waals surface area contributed by atoms with Gasteiger partial charge in [-0.3, -0.25) is 4.79 Å². The van der Waals surface area contributed by atoms with E-state index in [0.29, 0.717) is 11.1 Å². The minimum absolute atomic E-state index is 0.120. The molecule has 0 aliphatic rings. The first-order valence-electron chi connectivity index (χ1n) is 9.96. The lowest BCUT2D eigenvalue weighted by atomic mass is 9.96. The summed E-state index contributed by atoms with van der Waals surface area (Å²) >= 11 is 0. The van der Waals surface area contributed by atoms with E-state index in [-0.39, 0.29) is 12.4 Å². The molecule has 0 aliphatic heterocycles. The Hall–Kier alpha value is -2.86. The third-order valence-electron chi connectivity index (χ3n) is 4.80. The lowest BCUT2D eigenvalue weighted by molar-refractivity contribution is -0.0469. The molecule has 0 bridgehead atoms. The number of Topliss-reactive ketones (excluding diaryl/α,β-unsaturated/α-hetero) is 1. The summed E-state index contributed by atoms with van der Waals surface area (Å²) in [6.45, 7) is 5.32. The van der Waals surface area contributed by atoms with Crippen molar-refractivity contribution in [3.63, 3.8) is 0 Å². The van der Waals surface area contributed by atoms with Crippen molar-refractivity contribution in [3.05, 3.63) is 59.7 Å². The van der Waals surface area contributed by atoms with Crippen LogP contribution in [-0.2, 0) is 9.47 Å². The van der Waals surface area contributed by atoms with Gasteiger partial charge in [0.1, 0.15) is 11.7 Å². The van der Waals surface area contributed by atoms with Crippen molar-refractivity contribution in [2.75, 3.05) is 44.6 Å². The van der Waals surface area contributed by atoms with E-state index in [0.717, 1.165) is 11.4 Å². The summed E-state index contributed by atoms with van der Waals surface area (Å²) in [7, 11) is 7.77. The molecule has 0 heterocycles. The molecule has 0 saturated carbocycles. The molecule has 1 atom stereocenters. The normalized spacial score (nSPS) is 12.2. The van der Waals surface area contributed by atoms with Gasteiger partial charge in [0.05, 0.1) is 12.2 Å². The highest BCUT2D eigenvalue weighted by Crippen LogP contribution is 2.21. The van der Waals surface area contributed by atoms with Crippen LogP contribution in [-0.4, -0.2) is 58.3 Å². The first kappa shape index (κ1) is 23.4. The van der Waals surface area contributed by atoms with Crippen LogP contribution in [0.2, 0.25) is 0 Å². The third kappa shape index (κ3) is 6.07. The Morgan fingerprint density at radius 3 is 1.70 bits per heavy atom. The highest BCUT2D eigenvalue weighted by molar-refractivity contribution is 6.02. The first-order chi connectivity index (χ1) is 14.0. The minimum Gasteiger partial charge on any atom is -0.457 e. The molecular formula is C24H32N2O4. The molecule has 0 spiro atoms. The van der Waals surface area contributed by atoms with E-state index < -0.39 is 17.7 Å². The number of ether oxygens (including phenoxy) is 2. The predicted octanol–water partition coefficient (Wildman–Crippen LogP) is 4.04. The van der Waals surface area contributed by atoms with Crippen molar-refractivity contribution in [2.24, 2.45) is 0 Å². The Morgan fingerprint density at radius 2 is 1.27 bits per heavy atom. The summed E-state index contributed by atoms with van der Waals surface area (Å²) < 4.78 is 11.3. The third-order valence-corrected chi connectivity index (χ3v) is 4.80. The average molecular weight is 413 g/mol. The van der Waals surface area contributed by atoms with Gasteiger partial charge in [0.15, 0.2) is 5.78 Å². The maximum absolute atomic E-state index is 12.8. The van der Waals surface area contributed by atoms with E-state index in [9.17, 15) is 9.59 Å². The van der Waals surface area contributed by atoms with E-state index in [1.54, 1.807) is 45.0 Å². The van der Waals surface area contributed by atoms with Gasteiger partial charge in [0.25, 0.3) is 0 Å². The van der Waals surface area contributed by atoms with E-state index in [1.807, 2.05) is 62.3 Å². The Bertz CT molecular complexity index is 856. The van der Waals surface area contributed by atoms with Gasteiger partial charge in [-0.2, -0.15) is 0 Å². The maximum Gasteiger partial charge on any atom is 0.338 e. The van der Waals surface area contributed by atoms with Gasteiger partial charge in [-0.1, -0.05) is 0 Å². The van der Waals surface area contributed by atoms with E-state index in [4.69, 9.17) is 9.47 Å². The van der Waals surface area contributed by atoms with Crippen LogP contribution in [0.3, 0.4) is 0 Å². The highest BCUT2D eigenvalue weighted by atomic mass is 16.6. The second kappa shape index (κ2) is 9.76. The molecule has 0 saturated heterocycles. The molecule has 0 aliphatic carbocycles. The zero-order chi connectivity index (χ0) is 22.5. The molecule has 0 radical (unpaired) electrons. The standard InChI is InChI=1S/C24H32N2O4/c1-17(30-23(28)19-10-14-21(15-11-19)26(6)7)16-29-24(2,3)22(27)18-8-12-20(13-9-18)25(4)5/h8-15,17H,16H2,1-7H3. The fraction of sp³-hybridized carbons (Fsp3) is 0.417. The second-order valence-corrected chi connectivity index (χ2v) is 8.25. The molecule has 1 unspecified atom stereocenters. The Labute approximate surface area is 179 Å². The van der Waals surface area contributed by atoms with Gasteiger partial charge in [-0.25, -0.2) is 4.79 Å². The number of carbonyl (C=O) groups is 2. The number of hydrogen-bond donors (Lipinski definition) is 0. The average Bonchev–Trinajstić information content (AvgIpc) is 2.71. The van der Waals surface area contributed by atoms with Gasteiger partial charge < -0.3 is 19.3 Å². The number of benzene rings is 2. The Morgan fingerprint density at radius 1 is 0.833 bits per heavy atom. The number of hydrogen-bond acceptors (Lipinski definition) is 6. The summed E-state index contributed by atoms with van der Waals surface area (Å²) in [4.78, 5) is 29.1.